The maximum absolute atomic E-state index is 11.6. The van der Waals surface area contributed by atoms with Gasteiger partial charge < -0.3 is 15.8 Å². The van der Waals surface area contributed by atoms with Crippen molar-refractivity contribution in [2.45, 2.75) is 6.42 Å². The van der Waals surface area contributed by atoms with Gasteiger partial charge in [-0.2, -0.15) is 0 Å². The molecule has 0 aliphatic rings. The lowest BCUT2D eigenvalue weighted by Gasteiger charge is -2.07. The number of amides is 1. The number of ether oxygens (including phenoxy) is 1. The molecule has 1 aromatic heterocycles. The third-order valence-corrected chi connectivity index (χ3v) is 2.41. The molecular weight excluding hydrogens is 242 g/mol. The van der Waals surface area contributed by atoms with Gasteiger partial charge in [0, 0.05) is 11.9 Å². The summed E-state index contributed by atoms with van der Waals surface area (Å²) in [5, 5.41) is 2.69. The Hall–Kier alpha value is -2.56. The highest BCUT2D eigenvalue weighted by Crippen LogP contribution is 2.13. The van der Waals surface area contributed by atoms with E-state index in [9.17, 15) is 4.79 Å². The van der Waals surface area contributed by atoms with Crippen LogP contribution in [0.5, 0.6) is 5.75 Å². The van der Waals surface area contributed by atoms with Gasteiger partial charge in [-0.15, -0.1) is 0 Å². The number of nitrogens with zero attached hydrogens (tertiary/aromatic N) is 1. The number of hydrogen-bond acceptors (Lipinski definition) is 4. The van der Waals surface area contributed by atoms with E-state index in [0.717, 1.165) is 0 Å². The first-order valence-corrected chi connectivity index (χ1v) is 5.93. The molecule has 1 aromatic carbocycles. The lowest BCUT2D eigenvalue weighted by molar-refractivity contribution is -0.116. The van der Waals surface area contributed by atoms with Crippen LogP contribution in [0, 0.1) is 0 Å². The van der Waals surface area contributed by atoms with Gasteiger partial charge in [-0.25, -0.2) is 4.98 Å². The van der Waals surface area contributed by atoms with E-state index in [0.29, 0.717) is 23.9 Å². The summed E-state index contributed by atoms with van der Waals surface area (Å²) in [6.07, 6.45) is 1.89. The van der Waals surface area contributed by atoms with Crippen molar-refractivity contribution in [1.29, 1.82) is 0 Å². The Bertz CT molecular complexity index is 526. The summed E-state index contributed by atoms with van der Waals surface area (Å²) in [7, 11) is 0. The van der Waals surface area contributed by atoms with Crippen LogP contribution in [0.1, 0.15) is 6.42 Å². The molecule has 0 atom stereocenters. The zero-order valence-corrected chi connectivity index (χ0v) is 10.4. The predicted octanol–water partition coefficient (Wildman–Crippen LogP) is 2.07. The Kier molecular flexibility index (Phi) is 4.34. The summed E-state index contributed by atoms with van der Waals surface area (Å²) in [5.74, 6) is 1.11. The Balaban J connectivity index is 1.74. The summed E-state index contributed by atoms with van der Waals surface area (Å²) in [6, 6.07) is 12.4. The molecule has 5 heteroatoms. The molecule has 0 aliphatic heterocycles. The molecule has 0 radical (unpaired) electrons. The molecule has 0 saturated carbocycles. The fourth-order valence-corrected chi connectivity index (χ4v) is 1.47. The van der Waals surface area contributed by atoms with Crippen LogP contribution in [0.15, 0.2) is 48.7 Å². The highest BCUT2D eigenvalue weighted by atomic mass is 16.5. The van der Waals surface area contributed by atoms with Gasteiger partial charge in [0.2, 0.25) is 5.91 Å². The van der Waals surface area contributed by atoms with Crippen molar-refractivity contribution in [3.63, 3.8) is 0 Å². The molecule has 1 amide bonds. The molecule has 19 heavy (non-hydrogen) atoms. The molecule has 0 unspecified atom stereocenters. The van der Waals surface area contributed by atoms with Crippen LogP contribution in [-0.4, -0.2) is 17.5 Å². The first-order valence-electron chi connectivity index (χ1n) is 5.93. The maximum Gasteiger partial charge on any atom is 0.228 e. The summed E-state index contributed by atoms with van der Waals surface area (Å²) in [5.41, 5.74) is 6.24. The molecule has 98 valence electrons. The number of hydrogen-bond donors (Lipinski definition) is 2. The second-order valence-electron chi connectivity index (χ2n) is 3.93. The number of anilines is 2. The molecule has 0 aliphatic carbocycles. The first kappa shape index (κ1) is 12.9. The number of aromatic nitrogens is 1. The Morgan fingerprint density at radius 2 is 2.00 bits per heavy atom. The minimum atomic E-state index is -0.130. The largest absolute Gasteiger partial charge is 0.493 e. The summed E-state index contributed by atoms with van der Waals surface area (Å²) < 4.78 is 5.43. The van der Waals surface area contributed by atoms with Gasteiger partial charge in [0.05, 0.1) is 13.0 Å². The first-order chi connectivity index (χ1) is 9.24. The number of pyridine rings is 1. The van der Waals surface area contributed by atoms with Gasteiger partial charge in [-0.3, -0.25) is 4.79 Å². The zero-order valence-electron chi connectivity index (χ0n) is 10.4. The van der Waals surface area contributed by atoms with Crippen LogP contribution in [0.2, 0.25) is 0 Å². The highest BCUT2D eigenvalue weighted by molar-refractivity contribution is 5.89. The third-order valence-electron chi connectivity index (χ3n) is 2.41. The SMILES string of the molecule is Nc1ccc(OCCC(=O)Nc2ccccn2)cc1. The van der Waals surface area contributed by atoms with Crippen LogP contribution in [0.3, 0.4) is 0 Å². The Morgan fingerprint density at radius 3 is 2.68 bits per heavy atom. The van der Waals surface area contributed by atoms with E-state index in [4.69, 9.17) is 10.5 Å². The van der Waals surface area contributed by atoms with E-state index in [2.05, 4.69) is 10.3 Å². The number of nitrogen functional groups attached to an aromatic ring is 1. The number of carbonyl (C=O) groups excluding carboxylic acids is 1. The Morgan fingerprint density at radius 1 is 1.21 bits per heavy atom. The van der Waals surface area contributed by atoms with E-state index in [1.54, 1.807) is 42.6 Å². The number of nitrogens with one attached hydrogen (secondary N) is 1. The van der Waals surface area contributed by atoms with Crippen molar-refractivity contribution < 1.29 is 9.53 Å². The monoisotopic (exact) mass is 257 g/mol. The van der Waals surface area contributed by atoms with Crippen molar-refractivity contribution in [3.8, 4) is 5.75 Å². The van der Waals surface area contributed by atoms with Gasteiger partial charge in [0.25, 0.3) is 0 Å². The van der Waals surface area contributed by atoms with Crippen molar-refractivity contribution in [2.24, 2.45) is 0 Å². The van der Waals surface area contributed by atoms with Crippen LogP contribution in [0.4, 0.5) is 11.5 Å². The van der Waals surface area contributed by atoms with E-state index in [1.165, 1.54) is 0 Å². The number of nitrogens with two attached hydrogens (primary N) is 1. The summed E-state index contributed by atoms with van der Waals surface area (Å²) in [4.78, 5) is 15.6. The second kappa shape index (κ2) is 6.39. The Labute approximate surface area is 111 Å². The molecule has 5 nitrogen and oxygen atoms in total. The molecule has 2 rings (SSSR count). The minimum Gasteiger partial charge on any atom is -0.493 e. The predicted molar refractivity (Wildman–Crippen MR) is 73.8 cm³/mol. The number of benzene rings is 1. The van der Waals surface area contributed by atoms with Crippen LogP contribution in [0.25, 0.3) is 0 Å². The summed E-state index contributed by atoms with van der Waals surface area (Å²) in [6.45, 7) is 0.308. The van der Waals surface area contributed by atoms with Crippen molar-refractivity contribution in [2.75, 3.05) is 17.7 Å². The average Bonchev–Trinajstić information content (AvgIpc) is 2.42. The van der Waals surface area contributed by atoms with Gasteiger partial charge in [0.1, 0.15) is 11.6 Å². The fourth-order valence-electron chi connectivity index (χ4n) is 1.47. The van der Waals surface area contributed by atoms with Crippen molar-refractivity contribution in [3.05, 3.63) is 48.7 Å². The van der Waals surface area contributed by atoms with E-state index in [-0.39, 0.29) is 12.3 Å². The zero-order chi connectivity index (χ0) is 13.5. The molecule has 1 heterocycles. The van der Waals surface area contributed by atoms with Gasteiger partial charge in [0.15, 0.2) is 0 Å². The van der Waals surface area contributed by atoms with Crippen LogP contribution >= 0.6 is 0 Å². The normalized spacial score (nSPS) is 9.89. The van der Waals surface area contributed by atoms with Crippen molar-refractivity contribution in [1.82, 2.24) is 4.98 Å². The molecule has 0 saturated heterocycles. The van der Waals surface area contributed by atoms with E-state index in [1.807, 2.05) is 6.07 Å². The quantitative estimate of drug-likeness (QED) is 0.804. The molecule has 0 spiro atoms. The average molecular weight is 257 g/mol. The lowest BCUT2D eigenvalue weighted by Crippen LogP contribution is -2.15. The molecule has 0 fully saturated rings. The van der Waals surface area contributed by atoms with E-state index >= 15 is 0 Å². The van der Waals surface area contributed by atoms with E-state index < -0.39 is 0 Å². The van der Waals surface area contributed by atoms with Gasteiger partial charge in [-0.05, 0) is 36.4 Å². The van der Waals surface area contributed by atoms with Crippen LogP contribution < -0.4 is 15.8 Å². The maximum atomic E-state index is 11.6. The molecule has 3 N–H and O–H groups in total. The van der Waals surface area contributed by atoms with Crippen molar-refractivity contribution >= 4 is 17.4 Å². The molecule has 2 aromatic rings. The standard InChI is InChI=1S/C14H15N3O2/c15-11-4-6-12(7-5-11)19-10-8-14(18)17-13-3-1-2-9-16-13/h1-7,9H,8,10,15H2,(H,16,17,18). The van der Waals surface area contributed by atoms with Crippen LogP contribution in [-0.2, 0) is 4.79 Å². The molecular formula is C14H15N3O2. The summed E-state index contributed by atoms with van der Waals surface area (Å²) >= 11 is 0. The van der Waals surface area contributed by atoms with Gasteiger partial charge in [-0.1, -0.05) is 6.07 Å². The number of rotatable bonds is 5. The number of carbonyl (C=O) groups is 1. The second-order valence-corrected chi connectivity index (χ2v) is 3.93. The van der Waals surface area contributed by atoms with Gasteiger partial charge >= 0.3 is 0 Å². The smallest absolute Gasteiger partial charge is 0.228 e. The minimum absolute atomic E-state index is 0.130. The third kappa shape index (κ3) is 4.31. The molecule has 0 bridgehead atoms. The topological polar surface area (TPSA) is 77.2 Å². The highest BCUT2D eigenvalue weighted by Gasteiger charge is 2.03. The fraction of sp³-hybridized carbons (Fsp3) is 0.143. The lowest BCUT2D eigenvalue weighted by atomic mass is 10.3.